The second-order valence-electron chi connectivity index (χ2n) is 2.97. The van der Waals surface area contributed by atoms with Crippen LogP contribution in [0.5, 0.6) is 0 Å². The van der Waals surface area contributed by atoms with Crippen LogP contribution in [0.3, 0.4) is 0 Å². The van der Waals surface area contributed by atoms with E-state index in [4.69, 9.17) is 0 Å². The van der Waals surface area contributed by atoms with Crippen molar-refractivity contribution in [2.45, 2.75) is 26.6 Å². The summed E-state index contributed by atoms with van der Waals surface area (Å²) in [5, 5.41) is 0. The third-order valence-corrected chi connectivity index (χ3v) is 1.66. The molecule has 0 N–H and O–H groups in total. The maximum absolute atomic E-state index is 4.37. The highest BCUT2D eigenvalue weighted by Gasteiger charge is 2.07. The van der Waals surface area contributed by atoms with Crippen molar-refractivity contribution in [2.75, 3.05) is 0 Å². The van der Waals surface area contributed by atoms with Gasteiger partial charge in [-0.05, 0) is 32.6 Å². The molecule has 0 saturated carbocycles. The van der Waals surface area contributed by atoms with Crippen LogP contribution in [-0.4, -0.2) is 14.5 Å². The molecule has 0 aliphatic heterocycles. The van der Waals surface area contributed by atoms with Gasteiger partial charge in [-0.1, -0.05) is 6.08 Å². The lowest BCUT2D eigenvalue weighted by atomic mass is 10.6. The summed E-state index contributed by atoms with van der Waals surface area (Å²) in [5.41, 5.74) is 0. The average Bonchev–Trinajstić information content (AvgIpc) is 1.63. The van der Waals surface area contributed by atoms with Crippen molar-refractivity contribution in [3.05, 3.63) is 12.2 Å². The fraction of sp³-hybridized carbons (Fsp3) is 0.571. The highest BCUT2D eigenvalue weighted by atomic mass is 28.3. The van der Waals surface area contributed by atoms with Crippen molar-refractivity contribution >= 4 is 14.5 Å². The molecule has 0 unspecified atom stereocenters. The number of nitrogens with zero attached hydrogens (tertiary/aromatic N) is 1. The van der Waals surface area contributed by atoms with Crippen LogP contribution in [0.15, 0.2) is 16.8 Å². The summed E-state index contributed by atoms with van der Waals surface area (Å²) in [4.78, 5) is 0. The van der Waals surface area contributed by atoms with E-state index in [9.17, 15) is 0 Å². The van der Waals surface area contributed by atoms with Crippen LogP contribution in [0.2, 0.25) is 19.6 Å². The van der Waals surface area contributed by atoms with E-state index in [1.54, 1.807) is 0 Å². The van der Waals surface area contributed by atoms with Crippen LogP contribution in [0.25, 0.3) is 0 Å². The van der Waals surface area contributed by atoms with Gasteiger partial charge < -0.3 is 4.66 Å². The van der Waals surface area contributed by atoms with Crippen molar-refractivity contribution in [1.82, 2.24) is 0 Å². The standard InChI is InChI=1S/C7H15NSi/c1-5-6-7-8-9(2,3)4/h5-7H,1-4H3/b6-5-,8-7?. The first-order valence-electron chi connectivity index (χ1n) is 3.23. The Hall–Kier alpha value is -0.373. The highest BCUT2D eigenvalue weighted by molar-refractivity contribution is 6.75. The second kappa shape index (κ2) is 3.61. The molecule has 0 spiro atoms. The molecule has 0 rings (SSSR count). The van der Waals surface area contributed by atoms with E-state index >= 15 is 0 Å². The smallest absolute Gasteiger partial charge is 0.172 e. The predicted octanol–water partition coefficient (Wildman–Crippen LogP) is 2.47. The van der Waals surface area contributed by atoms with Crippen LogP contribution in [0, 0.1) is 0 Å². The third kappa shape index (κ3) is 7.63. The first kappa shape index (κ1) is 8.63. The molecule has 0 radical (unpaired) electrons. The van der Waals surface area contributed by atoms with Gasteiger partial charge in [-0.2, -0.15) is 0 Å². The lowest BCUT2D eigenvalue weighted by Crippen LogP contribution is -2.15. The quantitative estimate of drug-likeness (QED) is 0.414. The maximum atomic E-state index is 4.37. The Labute approximate surface area is 58.6 Å². The molecule has 0 aromatic heterocycles. The molecule has 9 heavy (non-hydrogen) atoms. The minimum absolute atomic E-state index is 1.18. The van der Waals surface area contributed by atoms with Gasteiger partial charge in [0.1, 0.15) is 0 Å². The summed E-state index contributed by atoms with van der Waals surface area (Å²) in [7, 11) is -1.18. The highest BCUT2D eigenvalue weighted by Crippen LogP contribution is 1.99. The molecule has 0 amide bonds. The lowest BCUT2D eigenvalue weighted by molar-refractivity contribution is 1.58. The van der Waals surface area contributed by atoms with Crippen LogP contribution in [-0.2, 0) is 0 Å². The van der Waals surface area contributed by atoms with Crippen LogP contribution < -0.4 is 0 Å². The normalized spacial score (nSPS) is 13.8. The second-order valence-corrected chi connectivity index (χ2v) is 7.57. The summed E-state index contributed by atoms with van der Waals surface area (Å²) in [5.74, 6) is 0. The van der Waals surface area contributed by atoms with E-state index in [-0.39, 0.29) is 0 Å². The molecular weight excluding hydrogens is 126 g/mol. The minimum Gasteiger partial charge on any atom is -0.329 e. The Morgan fingerprint density at radius 3 is 2.11 bits per heavy atom. The molecule has 0 aliphatic rings. The van der Waals surface area contributed by atoms with Crippen molar-refractivity contribution in [2.24, 2.45) is 4.66 Å². The zero-order chi connectivity index (χ0) is 7.33. The first-order valence-corrected chi connectivity index (χ1v) is 6.67. The maximum Gasteiger partial charge on any atom is 0.172 e. The third-order valence-electron chi connectivity index (χ3n) is 0.740. The predicted molar refractivity (Wildman–Crippen MR) is 46.7 cm³/mol. The number of hydrogen-bond acceptors (Lipinski definition) is 1. The van der Waals surface area contributed by atoms with E-state index in [1.165, 1.54) is 0 Å². The molecule has 0 aromatic rings. The Bertz CT molecular complexity index is 119. The summed E-state index contributed by atoms with van der Waals surface area (Å²) in [6.07, 6.45) is 5.86. The van der Waals surface area contributed by atoms with Crippen LogP contribution in [0.1, 0.15) is 6.92 Å². The van der Waals surface area contributed by atoms with Gasteiger partial charge in [-0.25, -0.2) is 0 Å². The van der Waals surface area contributed by atoms with E-state index in [1.807, 2.05) is 25.3 Å². The van der Waals surface area contributed by atoms with Gasteiger partial charge in [-0.15, -0.1) is 0 Å². The average molecular weight is 141 g/mol. The molecule has 0 aliphatic carbocycles. The number of rotatable bonds is 2. The van der Waals surface area contributed by atoms with E-state index in [2.05, 4.69) is 24.3 Å². The largest absolute Gasteiger partial charge is 0.329 e. The summed E-state index contributed by atoms with van der Waals surface area (Å²) in [6.45, 7) is 8.64. The Morgan fingerprint density at radius 2 is 1.78 bits per heavy atom. The van der Waals surface area contributed by atoms with Crippen molar-refractivity contribution < 1.29 is 0 Å². The van der Waals surface area contributed by atoms with Gasteiger partial charge in [0.15, 0.2) is 8.24 Å². The molecule has 0 fully saturated rings. The topological polar surface area (TPSA) is 12.4 Å². The first-order chi connectivity index (χ1) is 4.06. The monoisotopic (exact) mass is 141 g/mol. The van der Waals surface area contributed by atoms with Crippen LogP contribution in [0.4, 0.5) is 0 Å². The summed E-state index contributed by atoms with van der Waals surface area (Å²) < 4.78 is 4.37. The van der Waals surface area contributed by atoms with Gasteiger partial charge in [-0.3, -0.25) is 0 Å². The molecule has 0 heterocycles. The SMILES string of the molecule is C/C=C\C=N[Si](C)(C)C. The molecule has 0 saturated heterocycles. The number of allylic oxidation sites excluding steroid dienone is 2. The summed E-state index contributed by atoms with van der Waals surface area (Å²) in [6, 6.07) is 0. The zero-order valence-electron chi connectivity index (χ0n) is 6.68. The van der Waals surface area contributed by atoms with Crippen molar-refractivity contribution in [3.63, 3.8) is 0 Å². The van der Waals surface area contributed by atoms with Crippen molar-refractivity contribution in [1.29, 1.82) is 0 Å². The van der Waals surface area contributed by atoms with E-state index in [0.29, 0.717) is 0 Å². The van der Waals surface area contributed by atoms with E-state index < -0.39 is 8.24 Å². The van der Waals surface area contributed by atoms with Gasteiger partial charge in [0, 0.05) is 6.21 Å². The van der Waals surface area contributed by atoms with Gasteiger partial charge in [0.05, 0.1) is 0 Å². The lowest BCUT2D eigenvalue weighted by Gasteiger charge is -2.05. The molecule has 2 heteroatoms. The zero-order valence-corrected chi connectivity index (χ0v) is 7.68. The fourth-order valence-electron chi connectivity index (χ4n) is 0.353. The van der Waals surface area contributed by atoms with Gasteiger partial charge >= 0.3 is 0 Å². The Kier molecular flexibility index (Phi) is 3.46. The van der Waals surface area contributed by atoms with Crippen molar-refractivity contribution in [3.8, 4) is 0 Å². The fourth-order valence-corrected chi connectivity index (χ4v) is 0.886. The van der Waals surface area contributed by atoms with Crippen LogP contribution >= 0.6 is 0 Å². The Morgan fingerprint density at radius 1 is 1.22 bits per heavy atom. The molecule has 52 valence electrons. The van der Waals surface area contributed by atoms with Gasteiger partial charge in [0.25, 0.3) is 0 Å². The number of hydrogen-bond donors (Lipinski definition) is 0. The van der Waals surface area contributed by atoms with Gasteiger partial charge in [0.2, 0.25) is 0 Å². The minimum atomic E-state index is -1.18. The summed E-state index contributed by atoms with van der Waals surface area (Å²) >= 11 is 0. The van der Waals surface area contributed by atoms with E-state index in [0.717, 1.165) is 0 Å². The Balaban J connectivity index is 3.71. The molecular formula is C7H15NSi. The molecule has 0 atom stereocenters. The molecule has 1 nitrogen and oxygen atoms in total. The molecule has 0 aromatic carbocycles. The molecule has 0 bridgehead atoms.